The number of aromatic nitrogens is 1. The number of likely N-dealkylation sites (tertiary alicyclic amines) is 1. The van der Waals surface area contributed by atoms with E-state index in [2.05, 4.69) is 52.9 Å². The lowest BCUT2D eigenvalue weighted by atomic mass is 9.99. The number of nitrogens with zero attached hydrogens (tertiary/aromatic N) is 4. The summed E-state index contributed by atoms with van der Waals surface area (Å²) in [4.78, 5) is 23.9. The van der Waals surface area contributed by atoms with Gasteiger partial charge in [-0.25, -0.2) is 4.98 Å². The Morgan fingerprint density at radius 3 is 2.28 bits per heavy atom. The first-order chi connectivity index (χ1) is 14.1. The van der Waals surface area contributed by atoms with Crippen LogP contribution in [0.2, 0.25) is 0 Å². The topological polar surface area (TPSA) is 52.8 Å². The summed E-state index contributed by atoms with van der Waals surface area (Å²) < 4.78 is 5.62. The van der Waals surface area contributed by atoms with Gasteiger partial charge in [0.2, 0.25) is 5.89 Å². The summed E-state index contributed by atoms with van der Waals surface area (Å²) in [5.74, 6) is 1.36. The molecule has 0 saturated carbocycles. The van der Waals surface area contributed by atoms with Crippen molar-refractivity contribution >= 4 is 5.91 Å². The SMILES string of the molecule is Cc1ccc(CN2CCN(Cc3nc(C(=O)N4CCC(C)CC4)co3)CC2)cc1. The van der Waals surface area contributed by atoms with E-state index in [4.69, 9.17) is 4.42 Å². The Hall–Kier alpha value is -2.18. The smallest absolute Gasteiger partial charge is 0.275 e. The monoisotopic (exact) mass is 396 g/mol. The van der Waals surface area contributed by atoms with Gasteiger partial charge in [0.25, 0.3) is 5.91 Å². The number of piperidine rings is 1. The Balaban J connectivity index is 1.24. The lowest BCUT2D eigenvalue weighted by Gasteiger charge is -2.34. The third-order valence-electron chi connectivity index (χ3n) is 6.19. The first-order valence-corrected chi connectivity index (χ1v) is 10.8. The molecule has 3 heterocycles. The van der Waals surface area contributed by atoms with Gasteiger partial charge in [0.15, 0.2) is 5.69 Å². The largest absolute Gasteiger partial charge is 0.447 e. The molecule has 2 aliphatic rings. The van der Waals surface area contributed by atoms with Gasteiger partial charge in [-0.15, -0.1) is 0 Å². The van der Waals surface area contributed by atoms with Crippen molar-refractivity contribution in [1.82, 2.24) is 19.7 Å². The first kappa shape index (κ1) is 20.1. The Labute approximate surface area is 173 Å². The predicted molar refractivity (Wildman–Crippen MR) is 113 cm³/mol. The number of aryl methyl sites for hydroxylation is 1. The summed E-state index contributed by atoms with van der Waals surface area (Å²) in [5, 5.41) is 0. The van der Waals surface area contributed by atoms with E-state index in [-0.39, 0.29) is 5.91 Å². The number of hydrogen-bond acceptors (Lipinski definition) is 5. The van der Waals surface area contributed by atoms with Crippen molar-refractivity contribution in [3.63, 3.8) is 0 Å². The summed E-state index contributed by atoms with van der Waals surface area (Å²) in [7, 11) is 0. The highest BCUT2D eigenvalue weighted by molar-refractivity contribution is 5.92. The molecule has 1 aromatic heterocycles. The molecular formula is C23H32N4O2. The van der Waals surface area contributed by atoms with Gasteiger partial charge in [-0.1, -0.05) is 36.8 Å². The van der Waals surface area contributed by atoms with E-state index in [9.17, 15) is 4.79 Å². The van der Waals surface area contributed by atoms with Crippen LogP contribution in [0.5, 0.6) is 0 Å². The lowest BCUT2D eigenvalue weighted by molar-refractivity contribution is 0.0691. The summed E-state index contributed by atoms with van der Waals surface area (Å²) in [6, 6.07) is 8.79. The van der Waals surface area contributed by atoms with Crippen molar-refractivity contribution in [3.05, 3.63) is 53.2 Å². The van der Waals surface area contributed by atoms with Crippen LogP contribution in [0.25, 0.3) is 0 Å². The highest BCUT2D eigenvalue weighted by Crippen LogP contribution is 2.18. The second-order valence-electron chi connectivity index (χ2n) is 8.64. The quantitative estimate of drug-likeness (QED) is 0.777. The van der Waals surface area contributed by atoms with Crippen LogP contribution in [0, 0.1) is 12.8 Å². The minimum absolute atomic E-state index is 0.00909. The van der Waals surface area contributed by atoms with Crippen LogP contribution < -0.4 is 0 Å². The normalized spacial score (nSPS) is 19.6. The maximum absolute atomic E-state index is 12.6. The molecule has 2 fully saturated rings. The van der Waals surface area contributed by atoms with Gasteiger partial charge in [0, 0.05) is 45.8 Å². The summed E-state index contributed by atoms with van der Waals surface area (Å²) in [6.45, 7) is 11.7. The van der Waals surface area contributed by atoms with Crippen molar-refractivity contribution in [2.75, 3.05) is 39.3 Å². The zero-order valence-corrected chi connectivity index (χ0v) is 17.6. The molecule has 1 amide bonds. The van der Waals surface area contributed by atoms with Gasteiger partial charge in [-0.3, -0.25) is 14.6 Å². The van der Waals surface area contributed by atoms with E-state index in [1.54, 1.807) is 0 Å². The molecule has 0 spiro atoms. The van der Waals surface area contributed by atoms with Gasteiger partial charge in [-0.05, 0) is 31.2 Å². The third-order valence-corrected chi connectivity index (χ3v) is 6.19. The molecule has 0 atom stereocenters. The van der Waals surface area contributed by atoms with Gasteiger partial charge < -0.3 is 9.32 Å². The van der Waals surface area contributed by atoms with Crippen LogP contribution in [0.4, 0.5) is 0 Å². The predicted octanol–water partition coefficient (Wildman–Crippen LogP) is 3.17. The fourth-order valence-electron chi connectivity index (χ4n) is 4.10. The van der Waals surface area contributed by atoms with Crippen molar-refractivity contribution in [1.29, 1.82) is 0 Å². The van der Waals surface area contributed by atoms with Crippen molar-refractivity contribution < 1.29 is 9.21 Å². The van der Waals surface area contributed by atoms with Crippen LogP contribution in [0.1, 0.15) is 47.3 Å². The third kappa shape index (κ3) is 5.25. The molecule has 0 bridgehead atoms. The van der Waals surface area contributed by atoms with E-state index < -0.39 is 0 Å². The van der Waals surface area contributed by atoms with Crippen molar-refractivity contribution in [2.45, 2.75) is 39.8 Å². The highest BCUT2D eigenvalue weighted by atomic mass is 16.3. The molecule has 1 aromatic carbocycles. The standard InChI is InChI=1S/C23H32N4O2/c1-18-3-5-20(6-4-18)15-25-11-13-26(14-12-25)16-22-24-21(17-29-22)23(28)27-9-7-19(2)8-10-27/h3-6,17,19H,7-16H2,1-2H3. The molecule has 2 aromatic rings. The molecule has 0 aliphatic carbocycles. The van der Waals surface area contributed by atoms with Crippen molar-refractivity contribution in [2.24, 2.45) is 5.92 Å². The van der Waals surface area contributed by atoms with E-state index >= 15 is 0 Å². The zero-order valence-electron chi connectivity index (χ0n) is 17.6. The van der Waals surface area contributed by atoms with Gasteiger partial charge in [-0.2, -0.15) is 0 Å². The molecule has 2 aliphatic heterocycles. The van der Waals surface area contributed by atoms with Crippen LogP contribution in [0.3, 0.4) is 0 Å². The lowest BCUT2D eigenvalue weighted by Crippen LogP contribution is -2.45. The Morgan fingerprint density at radius 1 is 1.00 bits per heavy atom. The van der Waals surface area contributed by atoms with E-state index in [1.165, 1.54) is 17.4 Å². The molecule has 156 valence electrons. The maximum atomic E-state index is 12.6. The van der Waals surface area contributed by atoms with Crippen LogP contribution in [0.15, 0.2) is 34.9 Å². The van der Waals surface area contributed by atoms with Crippen molar-refractivity contribution in [3.8, 4) is 0 Å². The van der Waals surface area contributed by atoms with E-state index in [1.807, 2.05) is 4.90 Å². The molecule has 6 nitrogen and oxygen atoms in total. The number of oxazole rings is 1. The number of rotatable bonds is 5. The fourth-order valence-corrected chi connectivity index (χ4v) is 4.10. The molecule has 2 saturated heterocycles. The second kappa shape index (κ2) is 9.09. The molecule has 0 unspecified atom stereocenters. The number of amides is 1. The average molecular weight is 397 g/mol. The average Bonchev–Trinajstić information content (AvgIpc) is 3.20. The number of piperazine rings is 1. The van der Waals surface area contributed by atoms with Gasteiger partial charge >= 0.3 is 0 Å². The first-order valence-electron chi connectivity index (χ1n) is 10.8. The molecule has 4 rings (SSSR count). The minimum atomic E-state index is 0.00909. The Bertz CT molecular complexity index is 801. The van der Waals surface area contributed by atoms with E-state index in [0.29, 0.717) is 24.0 Å². The highest BCUT2D eigenvalue weighted by Gasteiger charge is 2.25. The molecule has 6 heteroatoms. The molecular weight excluding hydrogens is 364 g/mol. The number of carbonyl (C=O) groups is 1. The van der Waals surface area contributed by atoms with Gasteiger partial charge in [0.1, 0.15) is 6.26 Å². The second-order valence-corrected chi connectivity index (χ2v) is 8.64. The summed E-state index contributed by atoms with van der Waals surface area (Å²) in [5.41, 5.74) is 3.12. The molecule has 0 N–H and O–H groups in total. The molecule has 0 radical (unpaired) electrons. The zero-order chi connectivity index (χ0) is 20.2. The Kier molecular flexibility index (Phi) is 6.31. The number of benzene rings is 1. The van der Waals surface area contributed by atoms with Crippen LogP contribution >= 0.6 is 0 Å². The van der Waals surface area contributed by atoms with E-state index in [0.717, 1.165) is 58.7 Å². The fraction of sp³-hybridized carbons (Fsp3) is 0.565. The Morgan fingerprint density at radius 2 is 1.62 bits per heavy atom. The number of hydrogen-bond donors (Lipinski definition) is 0. The summed E-state index contributed by atoms with van der Waals surface area (Å²) >= 11 is 0. The van der Waals surface area contributed by atoms with Crippen LogP contribution in [-0.4, -0.2) is 64.9 Å². The number of carbonyl (C=O) groups excluding carboxylic acids is 1. The maximum Gasteiger partial charge on any atom is 0.275 e. The van der Waals surface area contributed by atoms with Gasteiger partial charge in [0.05, 0.1) is 6.54 Å². The van der Waals surface area contributed by atoms with Crippen LogP contribution in [-0.2, 0) is 13.1 Å². The summed E-state index contributed by atoms with van der Waals surface area (Å²) in [6.07, 6.45) is 3.68. The minimum Gasteiger partial charge on any atom is -0.447 e. The molecule has 29 heavy (non-hydrogen) atoms.